The Bertz CT molecular complexity index is 696. The molecule has 0 bridgehead atoms. The number of fused-ring (bicyclic) bond motifs is 1. The molecule has 7 heteroatoms. The number of carbonyl (C=O) groups is 2. The number of nitrogens with zero attached hydrogens (tertiary/aromatic N) is 1. The summed E-state index contributed by atoms with van der Waals surface area (Å²) >= 11 is 2.75. The van der Waals surface area contributed by atoms with E-state index in [2.05, 4.69) is 5.32 Å². The Kier molecular flexibility index (Phi) is 3.71. The van der Waals surface area contributed by atoms with E-state index in [0.717, 1.165) is 4.90 Å². The van der Waals surface area contributed by atoms with E-state index in [9.17, 15) is 14.7 Å². The summed E-state index contributed by atoms with van der Waals surface area (Å²) < 4.78 is 1.66. The number of phenols is 1. The number of hydrogen-bond acceptors (Lipinski definition) is 6. The predicted octanol–water partition coefficient (Wildman–Crippen LogP) is 2.60. The molecule has 5 nitrogen and oxygen atoms in total. The van der Waals surface area contributed by atoms with Gasteiger partial charge in [-0.3, -0.25) is 9.59 Å². The fraction of sp³-hybridized carbons (Fsp3) is 0.143. The number of anilines is 1. The Labute approximate surface area is 129 Å². The molecular formula is C14H12N2O3S2. The topological polar surface area (TPSA) is 69.6 Å². The van der Waals surface area contributed by atoms with Crippen LogP contribution in [-0.2, 0) is 4.79 Å². The minimum absolute atomic E-state index is 0.123. The van der Waals surface area contributed by atoms with Crippen LogP contribution in [-0.4, -0.2) is 34.2 Å². The maximum Gasteiger partial charge on any atom is 0.250 e. The van der Waals surface area contributed by atoms with Gasteiger partial charge in [0.25, 0.3) is 5.91 Å². The normalized spacial score (nSPS) is 18.3. The number of nitrogens with one attached hydrogen (secondary N) is 1. The third kappa shape index (κ3) is 2.67. The summed E-state index contributed by atoms with van der Waals surface area (Å²) in [5.74, 6) is -0.435. The van der Waals surface area contributed by atoms with Crippen LogP contribution in [0.15, 0.2) is 40.6 Å². The Hall–Kier alpha value is -1.83. The molecule has 21 heavy (non-hydrogen) atoms. The number of hydrogen-bond donors (Lipinski definition) is 2. The largest absolute Gasteiger partial charge is 0.508 e. The van der Waals surface area contributed by atoms with Crippen molar-refractivity contribution >= 4 is 40.7 Å². The van der Waals surface area contributed by atoms with E-state index < -0.39 is 6.04 Å². The third-order valence-corrected chi connectivity index (χ3v) is 5.18. The minimum atomic E-state index is -0.852. The molecule has 2 aromatic rings. The van der Waals surface area contributed by atoms with Crippen LogP contribution in [0.3, 0.4) is 0 Å². The number of Topliss-reactive ketones (excluding diaryl/α,β-unsaturated/α-hetero) is 1. The van der Waals surface area contributed by atoms with Gasteiger partial charge in [-0.15, -0.1) is 11.3 Å². The smallest absolute Gasteiger partial charge is 0.250 e. The van der Waals surface area contributed by atoms with Gasteiger partial charge >= 0.3 is 0 Å². The van der Waals surface area contributed by atoms with Crippen molar-refractivity contribution in [3.05, 3.63) is 40.6 Å². The number of ketones is 1. The zero-order valence-electron chi connectivity index (χ0n) is 11.1. The van der Waals surface area contributed by atoms with Crippen molar-refractivity contribution < 1.29 is 14.7 Å². The van der Waals surface area contributed by atoms with Gasteiger partial charge in [-0.1, -0.05) is 0 Å². The average Bonchev–Trinajstić information content (AvgIpc) is 2.90. The molecule has 0 spiro atoms. The summed E-state index contributed by atoms with van der Waals surface area (Å²) in [6.45, 7) is 0. The van der Waals surface area contributed by atoms with Crippen LogP contribution in [0.25, 0.3) is 0 Å². The predicted molar refractivity (Wildman–Crippen MR) is 82.8 cm³/mol. The summed E-state index contributed by atoms with van der Waals surface area (Å²) in [7, 11) is 1.73. The number of phenolic OH excluding ortho intramolecular Hbond substituents is 1. The second-order valence-corrected chi connectivity index (χ2v) is 6.67. The average molecular weight is 320 g/mol. The van der Waals surface area contributed by atoms with Crippen molar-refractivity contribution in [2.45, 2.75) is 10.9 Å². The second kappa shape index (κ2) is 5.51. The monoisotopic (exact) mass is 320 g/mol. The Morgan fingerprint density at radius 2 is 2.00 bits per heavy atom. The van der Waals surface area contributed by atoms with Gasteiger partial charge in [-0.2, -0.15) is 0 Å². The highest BCUT2D eigenvalue weighted by Gasteiger charge is 2.38. The van der Waals surface area contributed by atoms with Gasteiger partial charge in [0.1, 0.15) is 5.75 Å². The van der Waals surface area contributed by atoms with Crippen molar-refractivity contribution in [1.82, 2.24) is 4.31 Å². The van der Waals surface area contributed by atoms with Crippen molar-refractivity contribution in [3.63, 3.8) is 0 Å². The first-order valence-electron chi connectivity index (χ1n) is 6.18. The molecule has 0 radical (unpaired) electrons. The lowest BCUT2D eigenvalue weighted by atomic mass is 10.1. The van der Waals surface area contributed by atoms with Crippen LogP contribution in [0.5, 0.6) is 5.75 Å². The third-order valence-electron chi connectivity index (χ3n) is 3.09. The first-order valence-corrected chi connectivity index (χ1v) is 7.84. The summed E-state index contributed by atoms with van der Waals surface area (Å²) in [5.41, 5.74) is 0.543. The number of thiophene rings is 1. The molecule has 0 fully saturated rings. The first-order chi connectivity index (χ1) is 10.1. The standard InChI is InChI=1S/C14H12N2O3S2/c1-16-11(12(18)13-10(21-16)6-7-20-13)14(19)15-8-2-4-9(17)5-3-8/h2-7,11,17H,1H3,(H,15,19). The van der Waals surface area contributed by atoms with E-state index >= 15 is 0 Å². The summed E-state index contributed by atoms with van der Waals surface area (Å²) in [4.78, 5) is 26.3. The first kappa shape index (κ1) is 14.1. The molecule has 0 aliphatic carbocycles. The summed E-state index contributed by atoms with van der Waals surface area (Å²) in [6.07, 6.45) is 0. The number of rotatable bonds is 2. The number of benzene rings is 1. The SMILES string of the molecule is CN1Sc2ccsc2C(=O)C1C(=O)Nc1ccc(O)cc1. The quantitative estimate of drug-likeness (QED) is 0.506. The van der Waals surface area contributed by atoms with Crippen LogP contribution in [0.1, 0.15) is 9.67 Å². The molecule has 1 aromatic heterocycles. The van der Waals surface area contributed by atoms with Gasteiger partial charge in [0.2, 0.25) is 5.78 Å². The van der Waals surface area contributed by atoms with E-state index in [-0.39, 0.29) is 17.4 Å². The van der Waals surface area contributed by atoms with Crippen LogP contribution in [0.4, 0.5) is 5.69 Å². The van der Waals surface area contributed by atoms with Crippen molar-refractivity contribution in [2.75, 3.05) is 12.4 Å². The molecule has 1 aromatic carbocycles. The number of aromatic hydroxyl groups is 1. The number of carbonyl (C=O) groups excluding carboxylic acids is 2. The molecule has 1 unspecified atom stereocenters. The van der Waals surface area contributed by atoms with Gasteiger partial charge < -0.3 is 10.4 Å². The summed E-state index contributed by atoms with van der Waals surface area (Å²) in [5, 5.41) is 13.8. The van der Waals surface area contributed by atoms with Gasteiger partial charge in [0.05, 0.1) is 4.88 Å². The van der Waals surface area contributed by atoms with Crippen LogP contribution in [0, 0.1) is 0 Å². The maximum atomic E-state index is 12.4. The zero-order chi connectivity index (χ0) is 15.0. The highest BCUT2D eigenvalue weighted by Crippen LogP contribution is 2.37. The molecule has 2 heterocycles. The molecule has 108 valence electrons. The van der Waals surface area contributed by atoms with Crippen molar-refractivity contribution in [2.24, 2.45) is 0 Å². The van der Waals surface area contributed by atoms with E-state index in [1.54, 1.807) is 23.5 Å². The lowest BCUT2D eigenvalue weighted by Gasteiger charge is -2.28. The number of amides is 1. The molecule has 2 N–H and O–H groups in total. The lowest BCUT2D eigenvalue weighted by Crippen LogP contribution is -2.46. The van der Waals surface area contributed by atoms with Crippen LogP contribution < -0.4 is 5.32 Å². The Morgan fingerprint density at radius 1 is 1.29 bits per heavy atom. The van der Waals surface area contributed by atoms with E-state index in [4.69, 9.17) is 0 Å². The van der Waals surface area contributed by atoms with Crippen LogP contribution in [0.2, 0.25) is 0 Å². The van der Waals surface area contributed by atoms with E-state index in [0.29, 0.717) is 10.6 Å². The second-order valence-electron chi connectivity index (χ2n) is 4.55. The fourth-order valence-electron chi connectivity index (χ4n) is 2.09. The van der Waals surface area contributed by atoms with Crippen molar-refractivity contribution in [3.8, 4) is 5.75 Å². The van der Waals surface area contributed by atoms with Gasteiger partial charge in [0, 0.05) is 10.6 Å². The molecule has 1 atom stereocenters. The molecular weight excluding hydrogens is 308 g/mol. The Balaban J connectivity index is 1.81. The minimum Gasteiger partial charge on any atom is -0.508 e. The van der Waals surface area contributed by atoms with Crippen LogP contribution >= 0.6 is 23.3 Å². The maximum absolute atomic E-state index is 12.4. The van der Waals surface area contributed by atoms with Crippen molar-refractivity contribution in [1.29, 1.82) is 0 Å². The summed E-state index contributed by atoms with van der Waals surface area (Å²) in [6, 6.07) is 7.17. The molecule has 0 saturated heterocycles. The molecule has 1 aliphatic rings. The van der Waals surface area contributed by atoms with E-state index in [1.165, 1.54) is 35.4 Å². The highest BCUT2D eigenvalue weighted by atomic mass is 32.2. The molecule has 3 rings (SSSR count). The zero-order valence-corrected chi connectivity index (χ0v) is 12.7. The molecule has 1 aliphatic heterocycles. The highest BCUT2D eigenvalue weighted by molar-refractivity contribution is 7.97. The molecule has 0 saturated carbocycles. The van der Waals surface area contributed by atoms with Gasteiger partial charge in [-0.05, 0) is 54.7 Å². The van der Waals surface area contributed by atoms with Gasteiger partial charge in [-0.25, -0.2) is 4.31 Å². The lowest BCUT2D eigenvalue weighted by molar-refractivity contribution is -0.118. The van der Waals surface area contributed by atoms with E-state index in [1.807, 2.05) is 11.4 Å². The molecule has 1 amide bonds. The van der Waals surface area contributed by atoms with Gasteiger partial charge in [0.15, 0.2) is 6.04 Å². The fourth-order valence-corrected chi connectivity index (χ4v) is 4.10. The number of likely N-dealkylation sites (N-methyl/N-ethyl adjacent to an activating group) is 1. The Morgan fingerprint density at radius 3 is 2.71 bits per heavy atom.